The van der Waals surface area contributed by atoms with E-state index in [2.05, 4.69) is 10.3 Å². The van der Waals surface area contributed by atoms with Crippen molar-refractivity contribution in [3.05, 3.63) is 47.5 Å². The zero-order valence-electron chi connectivity index (χ0n) is 12.3. The van der Waals surface area contributed by atoms with Gasteiger partial charge in [0.2, 0.25) is 0 Å². The fourth-order valence-corrected chi connectivity index (χ4v) is 2.94. The number of nitrogens with zero attached hydrogens (tertiary/aromatic N) is 1. The molecular formula is C17H19FN2O. The summed E-state index contributed by atoms with van der Waals surface area (Å²) in [6.07, 6.45) is 2.66. The number of likely N-dealkylation sites (N-methyl/N-ethyl adjacent to an activating group) is 1. The van der Waals surface area contributed by atoms with Crippen LogP contribution in [-0.2, 0) is 0 Å². The van der Waals surface area contributed by atoms with Crippen molar-refractivity contribution in [1.29, 1.82) is 0 Å². The van der Waals surface area contributed by atoms with E-state index in [0.717, 1.165) is 29.8 Å². The smallest absolute Gasteiger partial charge is 0.134 e. The highest BCUT2D eigenvalue weighted by Gasteiger charge is 2.26. The highest BCUT2D eigenvalue weighted by atomic mass is 19.1. The quantitative estimate of drug-likeness (QED) is 0.940. The van der Waals surface area contributed by atoms with Crippen LogP contribution in [0.1, 0.15) is 23.6 Å². The Bertz CT molecular complexity index is 657. The third-order valence-electron chi connectivity index (χ3n) is 3.93. The van der Waals surface area contributed by atoms with E-state index in [-0.39, 0.29) is 5.82 Å². The Morgan fingerprint density at radius 1 is 1.38 bits per heavy atom. The van der Waals surface area contributed by atoms with Gasteiger partial charge in [0, 0.05) is 24.4 Å². The third kappa shape index (κ3) is 2.63. The molecule has 2 heterocycles. The number of hydrogen-bond donors (Lipinski definition) is 1. The second-order valence-electron chi connectivity index (χ2n) is 5.42. The Kier molecular flexibility index (Phi) is 3.88. The number of rotatable bonds is 3. The number of pyridine rings is 1. The number of ether oxygens (including phenoxy) is 1. The third-order valence-corrected chi connectivity index (χ3v) is 3.93. The lowest BCUT2D eigenvalue weighted by atomic mass is 9.89. The standard InChI is InChI=1S/C17H19FN2O/c1-11-9-12(5-7-20-11)16-15(18)4-3-14-13(10-19-2)6-8-21-17(14)16/h3-5,7,9,13,19H,6,8,10H2,1-2H3/t13-/m1/s1. The normalized spacial score (nSPS) is 17.2. The molecule has 1 aliphatic rings. The molecule has 3 rings (SSSR count). The van der Waals surface area contributed by atoms with Crippen molar-refractivity contribution in [3.63, 3.8) is 0 Å². The Balaban J connectivity index is 2.15. The van der Waals surface area contributed by atoms with Crippen molar-refractivity contribution in [1.82, 2.24) is 10.3 Å². The number of halogens is 1. The molecule has 110 valence electrons. The lowest BCUT2D eigenvalue weighted by Crippen LogP contribution is -2.24. The first-order chi connectivity index (χ1) is 10.2. The van der Waals surface area contributed by atoms with Gasteiger partial charge in [-0.1, -0.05) is 6.07 Å². The molecule has 2 aromatic rings. The number of benzene rings is 1. The molecular weight excluding hydrogens is 267 g/mol. The largest absolute Gasteiger partial charge is 0.493 e. The summed E-state index contributed by atoms with van der Waals surface area (Å²) in [6, 6.07) is 7.12. The summed E-state index contributed by atoms with van der Waals surface area (Å²) in [6.45, 7) is 3.40. The van der Waals surface area contributed by atoms with Crippen LogP contribution in [0.25, 0.3) is 11.1 Å². The molecule has 1 aromatic carbocycles. The molecule has 0 saturated carbocycles. The summed E-state index contributed by atoms with van der Waals surface area (Å²) in [4.78, 5) is 4.18. The van der Waals surface area contributed by atoms with Gasteiger partial charge in [-0.15, -0.1) is 0 Å². The van der Waals surface area contributed by atoms with Gasteiger partial charge in [0.25, 0.3) is 0 Å². The van der Waals surface area contributed by atoms with Crippen LogP contribution in [0, 0.1) is 12.7 Å². The molecule has 1 atom stereocenters. The predicted octanol–water partition coefficient (Wildman–Crippen LogP) is 3.28. The maximum absolute atomic E-state index is 14.4. The predicted molar refractivity (Wildman–Crippen MR) is 81.1 cm³/mol. The first-order valence-corrected chi connectivity index (χ1v) is 7.23. The molecule has 0 bridgehead atoms. The second-order valence-corrected chi connectivity index (χ2v) is 5.42. The molecule has 1 aromatic heterocycles. The van der Waals surface area contributed by atoms with Crippen molar-refractivity contribution < 1.29 is 9.13 Å². The Labute approximate surface area is 124 Å². The van der Waals surface area contributed by atoms with E-state index in [1.165, 1.54) is 0 Å². The second kappa shape index (κ2) is 5.82. The summed E-state index contributed by atoms with van der Waals surface area (Å²) in [5.74, 6) is 0.803. The van der Waals surface area contributed by atoms with Gasteiger partial charge < -0.3 is 10.1 Å². The number of aryl methyl sites for hydroxylation is 1. The van der Waals surface area contributed by atoms with Crippen LogP contribution in [0.15, 0.2) is 30.5 Å². The van der Waals surface area contributed by atoms with Crippen LogP contribution in [0.5, 0.6) is 5.75 Å². The molecule has 4 heteroatoms. The first kappa shape index (κ1) is 14.0. The molecule has 0 saturated heterocycles. The summed E-state index contributed by atoms with van der Waals surface area (Å²) in [5.41, 5.74) is 3.33. The lowest BCUT2D eigenvalue weighted by Gasteiger charge is -2.28. The Hall–Kier alpha value is -1.94. The van der Waals surface area contributed by atoms with Crippen molar-refractivity contribution in [2.75, 3.05) is 20.2 Å². The van der Waals surface area contributed by atoms with Crippen molar-refractivity contribution >= 4 is 0 Å². The highest BCUT2D eigenvalue weighted by molar-refractivity contribution is 5.73. The van der Waals surface area contributed by atoms with Crippen molar-refractivity contribution in [3.8, 4) is 16.9 Å². The van der Waals surface area contributed by atoms with Crippen LogP contribution in [-0.4, -0.2) is 25.2 Å². The SMILES string of the molecule is CNC[C@H]1CCOc2c1ccc(F)c2-c1ccnc(C)c1. The average molecular weight is 286 g/mol. The zero-order chi connectivity index (χ0) is 14.8. The van der Waals surface area contributed by atoms with E-state index in [1.807, 2.05) is 32.2 Å². The van der Waals surface area contributed by atoms with Gasteiger partial charge in [-0.2, -0.15) is 0 Å². The maximum atomic E-state index is 14.4. The van der Waals surface area contributed by atoms with E-state index >= 15 is 0 Å². The molecule has 0 radical (unpaired) electrons. The average Bonchev–Trinajstić information content (AvgIpc) is 2.47. The minimum absolute atomic E-state index is 0.246. The van der Waals surface area contributed by atoms with Crippen molar-refractivity contribution in [2.24, 2.45) is 0 Å². The minimum atomic E-state index is -0.246. The van der Waals surface area contributed by atoms with Crippen LogP contribution in [0.3, 0.4) is 0 Å². The number of fused-ring (bicyclic) bond motifs is 1. The summed E-state index contributed by atoms with van der Waals surface area (Å²) in [5, 5.41) is 3.20. The summed E-state index contributed by atoms with van der Waals surface area (Å²) >= 11 is 0. The van der Waals surface area contributed by atoms with E-state index in [0.29, 0.717) is 23.8 Å². The van der Waals surface area contributed by atoms with E-state index in [4.69, 9.17) is 4.74 Å². The lowest BCUT2D eigenvalue weighted by molar-refractivity contribution is 0.266. The summed E-state index contributed by atoms with van der Waals surface area (Å²) < 4.78 is 20.2. The van der Waals surface area contributed by atoms with E-state index in [1.54, 1.807) is 12.3 Å². The van der Waals surface area contributed by atoms with Gasteiger partial charge >= 0.3 is 0 Å². The van der Waals surface area contributed by atoms with Crippen LogP contribution in [0.2, 0.25) is 0 Å². The topological polar surface area (TPSA) is 34.1 Å². The number of aromatic nitrogens is 1. The number of nitrogens with one attached hydrogen (secondary N) is 1. The van der Waals surface area contributed by atoms with Gasteiger partial charge in [0.1, 0.15) is 11.6 Å². The monoisotopic (exact) mass is 286 g/mol. The van der Waals surface area contributed by atoms with Gasteiger partial charge in [0.05, 0.1) is 12.2 Å². The minimum Gasteiger partial charge on any atom is -0.493 e. The molecule has 0 amide bonds. The molecule has 1 aliphatic heterocycles. The summed E-state index contributed by atoms with van der Waals surface area (Å²) in [7, 11) is 1.94. The van der Waals surface area contributed by atoms with Crippen molar-refractivity contribution in [2.45, 2.75) is 19.3 Å². The number of hydrogen-bond acceptors (Lipinski definition) is 3. The van der Waals surface area contributed by atoms with E-state index < -0.39 is 0 Å². The van der Waals surface area contributed by atoms with Gasteiger partial charge in [-0.3, -0.25) is 4.98 Å². The van der Waals surface area contributed by atoms with Crippen LogP contribution < -0.4 is 10.1 Å². The van der Waals surface area contributed by atoms with Crippen LogP contribution >= 0.6 is 0 Å². The fourth-order valence-electron chi connectivity index (χ4n) is 2.94. The molecule has 0 spiro atoms. The molecule has 1 N–H and O–H groups in total. The molecule has 0 fully saturated rings. The Morgan fingerprint density at radius 2 is 2.24 bits per heavy atom. The maximum Gasteiger partial charge on any atom is 0.134 e. The van der Waals surface area contributed by atoms with Gasteiger partial charge in [-0.25, -0.2) is 4.39 Å². The fraction of sp³-hybridized carbons (Fsp3) is 0.353. The van der Waals surface area contributed by atoms with Gasteiger partial charge in [-0.05, 0) is 49.7 Å². The molecule has 0 unspecified atom stereocenters. The van der Waals surface area contributed by atoms with Crippen LogP contribution in [0.4, 0.5) is 4.39 Å². The zero-order valence-corrected chi connectivity index (χ0v) is 12.3. The Morgan fingerprint density at radius 3 is 3.00 bits per heavy atom. The highest BCUT2D eigenvalue weighted by Crippen LogP contribution is 2.42. The molecule has 3 nitrogen and oxygen atoms in total. The van der Waals surface area contributed by atoms with Gasteiger partial charge in [0.15, 0.2) is 0 Å². The first-order valence-electron chi connectivity index (χ1n) is 7.23. The van der Waals surface area contributed by atoms with E-state index in [9.17, 15) is 4.39 Å². The molecule has 21 heavy (non-hydrogen) atoms. The molecule has 0 aliphatic carbocycles.